The van der Waals surface area contributed by atoms with Crippen LogP contribution in [0.25, 0.3) is 0 Å². The topological polar surface area (TPSA) is 141 Å². The molecule has 2 N–H and O–H groups in total. The summed E-state index contributed by atoms with van der Waals surface area (Å²) in [6.07, 6.45) is 4.04. The smallest absolute Gasteiger partial charge is 0.328 e. The van der Waals surface area contributed by atoms with Crippen molar-refractivity contribution in [3.63, 3.8) is 0 Å². The number of carboxylic acid groups (broad SMARTS) is 1. The highest BCUT2D eigenvalue weighted by Gasteiger charge is 2.38. The molecule has 2 unspecified atom stereocenters. The highest BCUT2D eigenvalue weighted by molar-refractivity contribution is 6.15. The van der Waals surface area contributed by atoms with E-state index < -0.39 is 47.6 Å². The zero-order valence-corrected chi connectivity index (χ0v) is 14.7. The Balaban J connectivity index is 2.09. The summed E-state index contributed by atoms with van der Waals surface area (Å²) < 4.78 is 0. The molecule has 0 aromatic rings. The van der Waals surface area contributed by atoms with Gasteiger partial charge in [-0.1, -0.05) is 13.8 Å². The summed E-state index contributed by atoms with van der Waals surface area (Å²) in [6.45, 7) is 2.67. The molecule has 0 bridgehead atoms. The summed E-state index contributed by atoms with van der Waals surface area (Å²) >= 11 is 0. The van der Waals surface area contributed by atoms with Crippen LogP contribution in [0.4, 0.5) is 0 Å². The van der Waals surface area contributed by atoms with Crippen LogP contribution < -0.4 is 5.32 Å². The third kappa shape index (κ3) is 4.17. The Morgan fingerprint density at radius 2 is 1.22 bits per heavy atom. The maximum Gasteiger partial charge on any atom is 0.328 e. The molecule has 0 aliphatic carbocycles. The first-order valence-corrected chi connectivity index (χ1v) is 8.22. The Hall–Kier alpha value is -3.14. The summed E-state index contributed by atoms with van der Waals surface area (Å²) in [7, 11) is 0. The lowest BCUT2D eigenvalue weighted by atomic mass is 10.00. The maximum atomic E-state index is 12.4. The van der Waals surface area contributed by atoms with E-state index >= 15 is 0 Å². The standard InChI is InChI=1S/C17H19N3O7/c1-9(2)16(25)10(19-12(21)3-4-13(19)22)7-18-8-11(17(26)27)20-14(23)5-6-15(20)24/h3-6,9-11,18H,7-8H2,1-2H3,(H,26,27). The minimum Gasteiger partial charge on any atom is -0.480 e. The number of amides is 4. The van der Waals surface area contributed by atoms with Crippen LogP contribution in [0.5, 0.6) is 0 Å². The summed E-state index contributed by atoms with van der Waals surface area (Å²) in [4.78, 5) is 72.4. The normalized spacial score (nSPS) is 18.8. The van der Waals surface area contributed by atoms with Crippen LogP contribution in [0.1, 0.15) is 13.8 Å². The van der Waals surface area contributed by atoms with Crippen molar-refractivity contribution < 1.29 is 33.9 Å². The number of aliphatic carboxylic acids is 1. The van der Waals surface area contributed by atoms with E-state index in [1.165, 1.54) is 0 Å². The molecule has 27 heavy (non-hydrogen) atoms. The molecule has 2 rings (SSSR count). The first kappa shape index (κ1) is 20.2. The molecule has 10 nitrogen and oxygen atoms in total. The number of nitrogens with zero attached hydrogens (tertiary/aromatic N) is 2. The highest BCUT2D eigenvalue weighted by atomic mass is 16.4. The predicted octanol–water partition coefficient (Wildman–Crippen LogP) is -1.53. The second kappa shape index (κ2) is 8.04. The van der Waals surface area contributed by atoms with E-state index in [4.69, 9.17) is 0 Å². The molecular formula is C17H19N3O7. The second-order valence-corrected chi connectivity index (χ2v) is 6.34. The molecule has 0 aromatic heterocycles. The number of carbonyl (C=O) groups excluding carboxylic acids is 5. The fourth-order valence-electron chi connectivity index (χ4n) is 2.79. The lowest BCUT2D eigenvalue weighted by Gasteiger charge is -2.28. The van der Waals surface area contributed by atoms with Crippen molar-refractivity contribution in [3.8, 4) is 0 Å². The van der Waals surface area contributed by atoms with Gasteiger partial charge in [0.1, 0.15) is 12.1 Å². The quantitative estimate of drug-likeness (QED) is 0.461. The molecule has 2 aliphatic heterocycles. The van der Waals surface area contributed by atoms with E-state index in [1.54, 1.807) is 13.8 Å². The fraction of sp³-hybridized carbons (Fsp3) is 0.412. The summed E-state index contributed by atoms with van der Waals surface area (Å²) in [5, 5.41) is 12.0. The number of rotatable bonds is 9. The monoisotopic (exact) mass is 377 g/mol. The number of imide groups is 2. The number of carboxylic acids is 1. The number of hydrogen-bond donors (Lipinski definition) is 2. The average Bonchev–Trinajstić information content (AvgIpc) is 3.10. The number of hydrogen-bond acceptors (Lipinski definition) is 7. The molecule has 2 atom stereocenters. The minimum atomic E-state index is -1.49. The van der Waals surface area contributed by atoms with Crippen LogP contribution in [0.15, 0.2) is 24.3 Å². The van der Waals surface area contributed by atoms with Crippen molar-refractivity contribution in [2.75, 3.05) is 13.1 Å². The van der Waals surface area contributed by atoms with Crippen molar-refractivity contribution in [2.24, 2.45) is 5.92 Å². The van der Waals surface area contributed by atoms with Crippen LogP contribution in [0.3, 0.4) is 0 Å². The lowest BCUT2D eigenvalue weighted by molar-refractivity contribution is -0.153. The maximum absolute atomic E-state index is 12.4. The summed E-state index contributed by atoms with van der Waals surface area (Å²) in [6, 6.07) is -2.62. The Labute approximate surface area is 154 Å². The van der Waals surface area contributed by atoms with Crippen LogP contribution in [0.2, 0.25) is 0 Å². The predicted molar refractivity (Wildman–Crippen MR) is 89.9 cm³/mol. The Morgan fingerprint density at radius 3 is 1.59 bits per heavy atom. The van der Waals surface area contributed by atoms with Crippen molar-refractivity contribution in [3.05, 3.63) is 24.3 Å². The van der Waals surface area contributed by atoms with Crippen LogP contribution in [-0.4, -0.2) is 75.5 Å². The second-order valence-electron chi connectivity index (χ2n) is 6.34. The summed E-state index contributed by atoms with van der Waals surface area (Å²) in [5.74, 6) is -5.03. The largest absolute Gasteiger partial charge is 0.480 e. The van der Waals surface area contributed by atoms with Crippen molar-refractivity contribution in [1.29, 1.82) is 0 Å². The van der Waals surface area contributed by atoms with Crippen LogP contribution in [-0.2, 0) is 28.8 Å². The van der Waals surface area contributed by atoms with E-state index in [2.05, 4.69) is 5.32 Å². The Bertz CT molecular complexity index is 732. The highest BCUT2D eigenvalue weighted by Crippen LogP contribution is 2.14. The van der Waals surface area contributed by atoms with Gasteiger partial charge < -0.3 is 10.4 Å². The van der Waals surface area contributed by atoms with Gasteiger partial charge in [0.2, 0.25) is 0 Å². The van der Waals surface area contributed by atoms with E-state index in [-0.39, 0.29) is 18.9 Å². The molecule has 2 aliphatic rings. The lowest BCUT2D eigenvalue weighted by Crippen LogP contribution is -2.55. The van der Waals surface area contributed by atoms with Gasteiger partial charge in [-0.3, -0.25) is 33.8 Å². The first-order chi connectivity index (χ1) is 12.6. The number of nitrogens with one attached hydrogen (secondary N) is 1. The van der Waals surface area contributed by atoms with Crippen molar-refractivity contribution in [1.82, 2.24) is 15.1 Å². The van der Waals surface area contributed by atoms with E-state index in [0.717, 1.165) is 29.2 Å². The molecule has 0 fully saturated rings. The number of Topliss-reactive ketones (excluding diaryl/α,β-unsaturated/α-hetero) is 1. The molecule has 2 heterocycles. The fourth-order valence-corrected chi connectivity index (χ4v) is 2.79. The van der Waals surface area contributed by atoms with Crippen LogP contribution >= 0.6 is 0 Å². The van der Waals surface area contributed by atoms with Crippen LogP contribution in [0, 0.1) is 5.92 Å². The van der Waals surface area contributed by atoms with Gasteiger partial charge >= 0.3 is 5.97 Å². The van der Waals surface area contributed by atoms with Gasteiger partial charge in [0.15, 0.2) is 5.78 Å². The molecule has 0 saturated carbocycles. The third-order valence-corrected chi connectivity index (χ3v) is 4.17. The van der Waals surface area contributed by atoms with Gasteiger partial charge in [-0.25, -0.2) is 4.79 Å². The molecule has 0 spiro atoms. The molecular weight excluding hydrogens is 358 g/mol. The zero-order chi connectivity index (χ0) is 20.3. The molecule has 0 saturated heterocycles. The molecule has 4 amide bonds. The van der Waals surface area contributed by atoms with E-state index in [1.807, 2.05) is 0 Å². The van der Waals surface area contributed by atoms with Gasteiger partial charge in [-0.15, -0.1) is 0 Å². The average molecular weight is 377 g/mol. The zero-order valence-electron chi connectivity index (χ0n) is 14.7. The van der Waals surface area contributed by atoms with Gasteiger partial charge in [0, 0.05) is 43.3 Å². The molecule has 10 heteroatoms. The SMILES string of the molecule is CC(C)C(=O)C(CNCC(C(=O)O)N1C(=O)C=CC1=O)N1C(=O)C=CC1=O. The number of carbonyl (C=O) groups is 6. The van der Waals surface area contributed by atoms with Crippen molar-refractivity contribution in [2.45, 2.75) is 25.9 Å². The van der Waals surface area contributed by atoms with Gasteiger partial charge in [-0.05, 0) is 0 Å². The van der Waals surface area contributed by atoms with Gasteiger partial charge in [0.25, 0.3) is 23.6 Å². The molecule has 0 aromatic carbocycles. The third-order valence-electron chi connectivity index (χ3n) is 4.17. The number of ketones is 1. The van der Waals surface area contributed by atoms with E-state index in [0.29, 0.717) is 4.90 Å². The minimum absolute atomic E-state index is 0.205. The molecule has 144 valence electrons. The summed E-state index contributed by atoms with van der Waals surface area (Å²) in [5.41, 5.74) is 0. The van der Waals surface area contributed by atoms with E-state index in [9.17, 15) is 33.9 Å². The van der Waals surface area contributed by atoms with Crippen molar-refractivity contribution >= 4 is 35.4 Å². The first-order valence-electron chi connectivity index (χ1n) is 8.22. The van der Waals surface area contributed by atoms with Gasteiger partial charge in [-0.2, -0.15) is 0 Å². The van der Waals surface area contributed by atoms with Gasteiger partial charge in [0.05, 0.1) is 0 Å². The molecule has 0 radical (unpaired) electrons. The Kier molecular flexibility index (Phi) is 6.01. The Morgan fingerprint density at radius 1 is 0.852 bits per heavy atom.